The van der Waals surface area contributed by atoms with Gasteiger partial charge < -0.3 is 9.47 Å². The SMILES string of the molecule is CCC[C@H]1O[C@@H](n2ccc(=O)[nH]c2=O)C[C@H]1OC. The van der Waals surface area contributed by atoms with Crippen molar-refractivity contribution in [2.24, 2.45) is 0 Å². The predicted molar refractivity (Wildman–Crippen MR) is 65.6 cm³/mol. The Hall–Kier alpha value is -1.40. The van der Waals surface area contributed by atoms with E-state index in [9.17, 15) is 9.59 Å². The lowest BCUT2D eigenvalue weighted by Crippen LogP contribution is -2.31. The summed E-state index contributed by atoms with van der Waals surface area (Å²) in [4.78, 5) is 24.9. The van der Waals surface area contributed by atoms with Crippen LogP contribution < -0.4 is 11.2 Å². The van der Waals surface area contributed by atoms with Crippen LogP contribution in [-0.4, -0.2) is 28.9 Å². The minimum Gasteiger partial charge on any atom is -0.379 e. The van der Waals surface area contributed by atoms with Gasteiger partial charge in [-0.1, -0.05) is 13.3 Å². The zero-order valence-electron chi connectivity index (χ0n) is 10.6. The molecule has 100 valence electrons. The van der Waals surface area contributed by atoms with E-state index >= 15 is 0 Å². The monoisotopic (exact) mass is 254 g/mol. The number of ether oxygens (including phenoxy) is 2. The molecule has 18 heavy (non-hydrogen) atoms. The maximum Gasteiger partial charge on any atom is 0.330 e. The third kappa shape index (κ3) is 2.54. The second-order valence-corrected chi connectivity index (χ2v) is 4.45. The number of rotatable bonds is 4. The topological polar surface area (TPSA) is 73.3 Å². The number of hydrogen-bond donors (Lipinski definition) is 1. The Balaban J connectivity index is 2.20. The molecule has 0 radical (unpaired) electrons. The van der Waals surface area contributed by atoms with Crippen molar-refractivity contribution in [2.75, 3.05) is 7.11 Å². The Morgan fingerprint density at radius 1 is 1.56 bits per heavy atom. The Morgan fingerprint density at radius 2 is 2.33 bits per heavy atom. The van der Waals surface area contributed by atoms with Crippen molar-refractivity contribution >= 4 is 0 Å². The highest BCUT2D eigenvalue weighted by Crippen LogP contribution is 2.31. The van der Waals surface area contributed by atoms with Crippen molar-refractivity contribution < 1.29 is 9.47 Å². The van der Waals surface area contributed by atoms with E-state index in [1.807, 2.05) is 0 Å². The fourth-order valence-corrected chi connectivity index (χ4v) is 2.32. The Morgan fingerprint density at radius 3 is 2.94 bits per heavy atom. The Kier molecular flexibility index (Phi) is 3.98. The zero-order chi connectivity index (χ0) is 13.1. The summed E-state index contributed by atoms with van der Waals surface area (Å²) >= 11 is 0. The highest BCUT2D eigenvalue weighted by Gasteiger charge is 2.35. The highest BCUT2D eigenvalue weighted by molar-refractivity contribution is 4.88. The van der Waals surface area contributed by atoms with Crippen LogP contribution in [0.1, 0.15) is 32.4 Å². The third-order valence-electron chi connectivity index (χ3n) is 3.22. The molecule has 0 bridgehead atoms. The lowest BCUT2D eigenvalue weighted by molar-refractivity contribution is -0.0327. The van der Waals surface area contributed by atoms with E-state index in [2.05, 4.69) is 11.9 Å². The number of methoxy groups -OCH3 is 1. The van der Waals surface area contributed by atoms with Gasteiger partial charge in [0.25, 0.3) is 5.56 Å². The maximum absolute atomic E-state index is 11.7. The quantitative estimate of drug-likeness (QED) is 0.855. The standard InChI is InChI=1S/C12H18N2O4/c1-3-4-8-9(17-2)7-11(18-8)14-6-5-10(15)13-12(14)16/h5-6,8-9,11H,3-4,7H2,1-2H3,(H,13,15,16)/t8-,9-,11-/m1/s1. The molecule has 2 rings (SSSR count). The van der Waals surface area contributed by atoms with E-state index in [1.165, 1.54) is 16.8 Å². The van der Waals surface area contributed by atoms with Gasteiger partial charge in [0.1, 0.15) is 6.23 Å². The summed E-state index contributed by atoms with van der Waals surface area (Å²) in [6.07, 6.45) is 3.61. The molecule has 6 heteroatoms. The number of nitrogens with zero attached hydrogens (tertiary/aromatic N) is 1. The van der Waals surface area contributed by atoms with Gasteiger partial charge in [-0.3, -0.25) is 14.3 Å². The van der Waals surface area contributed by atoms with Crippen molar-refractivity contribution in [2.45, 2.75) is 44.6 Å². The van der Waals surface area contributed by atoms with Crippen LogP contribution >= 0.6 is 0 Å². The normalized spacial score (nSPS) is 27.6. The van der Waals surface area contributed by atoms with E-state index in [-0.39, 0.29) is 18.4 Å². The van der Waals surface area contributed by atoms with Crippen molar-refractivity contribution in [1.82, 2.24) is 9.55 Å². The van der Waals surface area contributed by atoms with Crippen LogP contribution in [0.4, 0.5) is 0 Å². The van der Waals surface area contributed by atoms with Gasteiger partial charge in [0, 0.05) is 25.8 Å². The number of nitrogens with one attached hydrogen (secondary N) is 1. The largest absolute Gasteiger partial charge is 0.379 e. The molecule has 3 atom stereocenters. The van der Waals surface area contributed by atoms with Crippen LogP contribution in [0.15, 0.2) is 21.9 Å². The van der Waals surface area contributed by atoms with E-state index in [0.29, 0.717) is 6.42 Å². The molecule has 1 saturated heterocycles. The smallest absolute Gasteiger partial charge is 0.330 e. The minimum atomic E-state index is -0.445. The van der Waals surface area contributed by atoms with Gasteiger partial charge in [-0.25, -0.2) is 4.79 Å². The van der Waals surface area contributed by atoms with Crippen LogP contribution in [0.25, 0.3) is 0 Å². The summed E-state index contributed by atoms with van der Waals surface area (Å²) in [7, 11) is 1.65. The van der Waals surface area contributed by atoms with Gasteiger partial charge in [0.2, 0.25) is 0 Å². The van der Waals surface area contributed by atoms with Gasteiger partial charge >= 0.3 is 5.69 Å². The summed E-state index contributed by atoms with van der Waals surface area (Å²) in [5, 5.41) is 0. The molecule has 1 fully saturated rings. The van der Waals surface area contributed by atoms with Crippen molar-refractivity contribution in [3.8, 4) is 0 Å². The summed E-state index contributed by atoms with van der Waals surface area (Å²) in [6.45, 7) is 2.08. The first-order valence-corrected chi connectivity index (χ1v) is 6.15. The van der Waals surface area contributed by atoms with Gasteiger partial charge in [0.15, 0.2) is 0 Å². The fourth-order valence-electron chi connectivity index (χ4n) is 2.32. The number of hydrogen-bond acceptors (Lipinski definition) is 4. The first-order valence-electron chi connectivity index (χ1n) is 6.15. The van der Waals surface area contributed by atoms with Crippen LogP contribution in [0, 0.1) is 0 Å². The first kappa shape index (κ1) is 13.0. The number of aromatic amines is 1. The second-order valence-electron chi connectivity index (χ2n) is 4.45. The summed E-state index contributed by atoms with van der Waals surface area (Å²) in [6, 6.07) is 1.32. The molecule has 1 N–H and O–H groups in total. The van der Waals surface area contributed by atoms with Crippen LogP contribution in [0.3, 0.4) is 0 Å². The molecule has 1 aromatic heterocycles. The molecule has 1 aliphatic heterocycles. The fraction of sp³-hybridized carbons (Fsp3) is 0.667. The van der Waals surface area contributed by atoms with Gasteiger partial charge in [-0.2, -0.15) is 0 Å². The predicted octanol–water partition coefficient (Wildman–Crippen LogP) is 0.639. The molecule has 0 spiro atoms. The average Bonchev–Trinajstić information content (AvgIpc) is 2.72. The molecule has 2 heterocycles. The first-order chi connectivity index (χ1) is 8.65. The summed E-state index contributed by atoms with van der Waals surface area (Å²) in [5.41, 5.74) is -0.845. The lowest BCUT2D eigenvalue weighted by atomic mass is 10.1. The molecule has 1 aromatic rings. The summed E-state index contributed by atoms with van der Waals surface area (Å²) < 4.78 is 12.6. The second kappa shape index (κ2) is 5.49. The third-order valence-corrected chi connectivity index (χ3v) is 3.22. The van der Waals surface area contributed by atoms with Crippen LogP contribution in [-0.2, 0) is 9.47 Å². The average molecular weight is 254 g/mol. The van der Waals surface area contributed by atoms with Gasteiger partial charge in [-0.15, -0.1) is 0 Å². The van der Waals surface area contributed by atoms with E-state index in [0.717, 1.165) is 12.8 Å². The van der Waals surface area contributed by atoms with Gasteiger partial charge in [-0.05, 0) is 6.42 Å². The molecule has 0 saturated carbocycles. The molecule has 0 unspecified atom stereocenters. The number of H-pyrrole nitrogens is 1. The Labute approximate surface area is 105 Å². The van der Waals surface area contributed by atoms with E-state index in [4.69, 9.17) is 9.47 Å². The van der Waals surface area contributed by atoms with E-state index in [1.54, 1.807) is 7.11 Å². The minimum absolute atomic E-state index is 0.00354. The molecule has 0 aliphatic carbocycles. The lowest BCUT2D eigenvalue weighted by Gasteiger charge is -2.16. The summed E-state index contributed by atoms with van der Waals surface area (Å²) in [5.74, 6) is 0. The molecular weight excluding hydrogens is 236 g/mol. The maximum atomic E-state index is 11.7. The zero-order valence-corrected chi connectivity index (χ0v) is 10.6. The van der Waals surface area contributed by atoms with Crippen molar-refractivity contribution in [3.05, 3.63) is 33.1 Å². The van der Waals surface area contributed by atoms with Gasteiger partial charge in [0.05, 0.1) is 12.2 Å². The van der Waals surface area contributed by atoms with Crippen molar-refractivity contribution in [3.63, 3.8) is 0 Å². The van der Waals surface area contributed by atoms with Crippen molar-refractivity contribution in [1.29, 1.82) is 0 Å². The van der Waals surface area contributed by atoms with E-state index < -0.39 is 11.2 Å². The highest BCUT2D eigenvalue weighted by atomic mass is 16.6. The Bertz CT molecular complexity index is 507. The molecule has 1 aliphatic rings. The molecule has 0 aromatic carbocycles. The number of aromatic nitrogens is 2. The molecular formula is C12H18N2O4. The molecule has 6 nitrogen and oxygen atoms in total. The molecule has 0 amide bonds. The van der Waals surface area contributed by atoms with Crippen LogP contribution in [0.2, 0.25) is 0 Å². The van der Waals surface area contributed by atoms with Crippen LogP contribution in [0.5, 0.6) is 0 Å².